The number of nitrogens with one attached hydrogen (secondary N) is 2. The summed E-state index contributed by atoms with van der Waals surface area (Å²) < 4.78 is 0. The van der Waals surface area contributed by atoms with Gasteiger partial charge < -0.3 is 10.6 Å². The number of amides is 1. The number of hydrogen-bond donors (Lipinski definition) is 2. The molecule has 4 bridgehead atoms. The van der Waals surface area contributed by atoms with Crippen molar-refractivity contribution < 1.29 is 4.79 Å². The fraction of sp³-hybridized carbons (Fsp3) is 0.500. The highest BCUT2D eigenvalue weighted by atomic mass is 16.2. The molecule has 0 spiro atoms. The van der Waals surface area contributed by atoms with E-state index in [9.17, 15) is 4.79 Å². The molecule has 0 unspecified atom stereocenters. The molecule has 1 aromatic rings. The van der Waals surface area contributed by atoms with E-state index in [0.29, 0.717) is 0 Å². The van der Waals surface area contributed by atoms with Crippen molar-refractivity contribution in [1.82, 2.24) is 0 Å². The molecule has 4 aliphatic carbocycles. The zero-order chi connectivity index (χ0) is 19.0. The van der Waals surface area contributed by atoms with Gasteiger partial charge in [-0.15, -0.1) is 0 Å². The first-order valence-electron chi connectivity index (χ1n) is 9.70. The highest BCUT2D eigenvalue weighted by molar-refractivity contribution is 5.96. The van der Waals surface area contributed by atoms with Crippen LogP contribution in [-0.2, 0) is 4.79 Å². The van der Waals surface area contributed by atoms with Crippen molar-refractivity contribution in [2.45, 2.75) is 45.4 Å². The number of nitrogens with zero attached hydrogens (tertiary/aromatic N) is 2. The van der Waals surface area contributed by atoms with Crippen LogP contribution in [0.5, 0.6) is 0 Å². The number of aryl methyl sites for hydroxylation is 1. The summed E-state index contributed by atoms with van der Waals surface area (Å²) in [6, 6.07) is 9.32. The van der Waals surface area contributed by atoms with Crippen LogP contribution in [0.25, 0.3) is 0 Å². The Balaban J connectivity index is 1.52. The average molecular weight is 360 g/mol. The summed E-state index contributed by atoms with van der Waals surface area (Å²) in [5.41, 5.74) is 2.37. The molecule has 0 saturated heterocycles. The smallest absolute Gasteiger partial charge is 0.230 e. The molecule has 5 nitrogen and oxygen atoms in total. The van der Waals surface area contributed by atoms with E-state index in [1.54, 1.807) is 0 Å². The number of benzene rings is 1. The lowest BCUT2D eigenvalue weighted by atomic mass is 9.49. The van der Waals surface area contributed by atoms with Crippen molar-refractivity contribution in [2.75, 3.05) is 10.6 Å². The highest BCUT2D eigenvalue weighted by Gasteiger charge is 2.54. The quantitative estimate of drug-likeness (QED) is 0.774. The van der Waals surface area contributed by atoms with Gasteiger partial charge in [0, 0.05) is 17.6 Å². The predicted molar refractivity (Wildman–Crippen MR) is 103 cm³/mol. The van der Waals surface area contributed by atoms with Crippen LogP contribution in [0.15, 0.2) is 30.0 Å². The second-order valence-corrected chi connectivity index (χ2v) is 8.61. The first-order valence-corrected chi connectivity index (χ1v) is 9.70. The van der Waals surface area contributed by atoms with E-state index in [2.05, 4.69) is 10.6 Å². The van der Waals surface area contributed by atoms with Gasteiger partial charge in [0.05, 0.1) is 5.41 Å². The number of carbonyl (C=O) groups excluding carboxylic acids is 1. The van der Waals surface area contributed by atoms with Crippen molar-refractivity contribution in [3.63, 3.8) is 0 Å². The monoisotopic (exact) mass is 360 g/mol. The third-order valence-electron chi connectivity index (χ3n) is 6.63. The Hall–Kier alpha value is -2.79. The van der Waals surface area contributed by atoms with Crippen LogP contribution in [-0.4, -0.2) is 5.91 Å². The Morgan fingerprint density at radius 1 is 1.11 bits per heavy atom. The molecule has 4 aliphatic rings. The van der Waals surface area contributed by atoms with Crippen LogP contribution >= 0.6 is 0 Å². The third kappa shape index (κ3) is 3.30. The molecule has 1 aromatic carbocycles. The number of rotatable bonds is 4. The molecule has 0 radical (unpaired) electrons. The van der Waals surface area contributed by atoms with Crippen molar-refractivity contribution in [3.05, 3.63) is 35.5 Å². The first-order chi connectivity index (χ1) is 13.0. The number of carbonyl (C=O) groups is 1. The van der Waals surface area contributed by atoms with Crippen LogP contribution in [0, 0.1) is 52.8 Å². The van der Waals surface area contributed by atoms with Gasteiger partial charge in [0.15, 0.2) is 0 Å². The molecule has 138 valence electrons. The first kappa shape index (κ1) is 17.6. The SMILES string of the molecule is Cc1ccc(NC=C(C#N)C#N)cc1NC(=O)C12CC3CC(CC(C3)C1)C2. The summed E-state index contributed by atoms with van der Waals surface area (Å²) in [5, 5.41) is 23.8. The zero-order valence-electron chi connectivity index (χ0n) is 15.6. The Morgan fingerprint density at radius 2 is 1.70 bits per heavy atom. The lowest BCUT2D eigenvalue weighted by Crippen LogP contribution is -2.51. The van der Waals surface area contributed by atoms with E-state index < -0.39 is 0 Å². The maximum absolute atomic E-state index is 13.3. The molecular weight excluding hydrogens is 336 g/mol. The summed E-state index contributed by atoms with van der Waals surface area (Å²) in [5.74, 6) is 2.37. The summed E-state index contributed by atoms with van der Waals surface area (Å²) in [7, 11) is 0. The largest absolute Gasteiger partial charge is 0.360 e. The van der Waals surface area contributed by atoms with Crippen LogP contribution in [0.4, 0.5) is 11.4 Å². The molecule has 0 aliphatic heterocycles. The lowest BCUT2D eigenvalue weighted by Gasteiger charge is -2.55. The van der Waals surface area contributed by atoms with Crippen LogP contribution < -0.4 is 10.6 Å². The van der Waals surface area contributed by atoms with E-state index in [1.165, 1.54) is 25.5 Å². The maximum Gasteiger partial charge on any atom is 0.230 e. The van der Waals surface area contributed by atoms with Crippen molar-refractivity contribution >= 4 is 17.3 Å². The molecule has 1 amide bonds. The minimum atomic E-state index is -0.181. The molecule has 2 N–H and O–H groups in total. The number of nitriles is 2. The van der Waals surface area contributed by atoms with Gasteiger partial charge in [-0.25, -0.2) is 0 Å². The fourth-order valence-electron chi connectivity index (χ4n) is 5.74. The number of hydrogen-bond acceptors (Lipinski definition) is 4. The molecule has 0 heterocycles. The molecule has 4 saturated carbocycles. The van der Waals surface area contributed by atoms with Crippen molar-refractivity contribution in [3.8, 4) is 12.1 Å². The predicted octanol–water partition coefficient (Wildman–Crippen LogP) is 4.49. The van der Waals surface area contributed by atoms with Gasteiger partial charge in [0.2, 0.25) is 5.91 Å². The van der Waals surface area contributed by atoms with Crippen LogP contribution in [0.1, 0.15) is 44.1 Å². The Morgan fingerprint density at radius 3 is 2.26 bits per heavy atom. The van der Waals surface area contributed by atoms with Crippen LogP contribution in [0.2, 0.25) is 0 Å². The minimum absolute atomic E-state index is 0.00901. The molecule has 5 rings (SSSR count). The maximum atomic E-state index is 13.3. The van der Waals surface area contributed by atoms with Crippen LogP contribution in [0.3, 0.4) is 0 Å². The van der Waals surface area contributed by atoms with Gasteiger partial charge in [-0.05, 0) is 80.9 Å². The third-order valence-corrected chi connectivity index (χ3v) is 6.63. The summed E-state index contributed by atoms with van der Waals surface area (Å²) >= 11 is 0. The molecule has 0 aromatic heterocycles. The van der Waals surface area contributed by atoms with Gasteiger partial charge in [-0.3, -0.25) is 4.79 Å². The molecule has 4 fully saturated rings. The number of anilines is 2. The van der Waals surface area contributed by atoms with E-state index in [4.69, 9.17) is 10.5 Å². The van der Waals surface area contributed by atoms with Crippen molar-refractivity contribution in [1.29, 1.82) is 10.5 Å². The second kappa shape index (κ2) is 6.74. The second-order valence-electron chi connectivity index (χ2n) is 8.61. The molecule has 0 atom stereocenters. The Bertz CT molecular complexity index is 835. The minimum Gasteiger partial charge on any atom is -0.360 e. The molecular formula is C22H24N4O. The Kier molecular flexibility index (Phi) is 4.40. The Labute approximate surface area is 160 Å². The van der Waals surface area contributed by atoms with Gasteiger partial charge in [-0.2, -0.15) is 10.5 Å². The van der Waals surface area contributed by atoms with E-state index in [-0.39, 0.29) is 16.9 Å². The average Bonchev–Trinajstić information content (AvgIpc) is 2.64. The van der Waals surface area contributed by atoms with Gasteiger partial charge >= 0.3 is 0 Å². The summed E-state index contributed by atoms with van der Waals surface area (Å²) in [4.78, 5) is 13.3. The lowest BCUT2D eigenvalue weighted by molar-refractivity contribution is -0.140. The standard InChI is InChI=1S/C22H24N4O/c1-14-2-3-19(25-13-18(11-23)12-24)7-20(14)26-21(27)22-8-15-4-16(9-22)6-17(5-15)10-22/h2-3,7,13,15-17,25H,4-6,8-10H2,1H3,(H,26,27). The molecule has 27 heavy (non-hydrogen) atoms. The fourth-order valence-corrected chi connectivity index (χ4v) is 5.74. The summed E-state index contributed by atoms with van der Waals surface area (Å²) in [6.45, 7) is 1.98. The van der Waals surface area contributed by atoms with E-state index in [0.717, 1.165) is 54.0 Å². The number of allylic oxidation sites excluding steroid dienone is 1. The molecule has 5 heteroatoms. The van der Waals surface area contributed by atoms with Gasteiger partial charge in [0.1, 0.15) is 17.7 Å². The van der Waals surface area contributed by atoms with Gasteiger partial charge in [0.25, 0.3) is 0 Å². The van der Waals surface area contributed by atoms with E-state index in [1.807, 2.05) is 37.3 Å². The summed E-state index contributed by atoms with van der Waals surface area (Å²) in [6.07, 6.45) is 8.45. The van der Waals surface area contributed by atoms with Crippen molar-refractivity contribution in [2.24, 2.45) is 23.2 Å². The normalized spacial score (nSPS) is 30.1. The topological polar surface area (TPSA) is 88.7 Å². The van der Waals surface area contributed by atoms with Gasteiger partial charge in [-0.1, -0.05) is 6.07 Å². The van der Waals surface area contributed by atoms with E-state index >= 15 is 0 Å². The zero-order valence-corrected chi connectivity index (χ0v) is 15.6. The highest BCUT2D eigenvalue weighted by Crippen LogP contribution is 2.60.